The second-order valence-electron chi connectivity index (χ2n) is 7.58. The second kappa shape index (κ2) is 8.95. The molecule has 0 unspecified atom stereocenters. The van der Waals surface area contributed by atoms with Gasteiger partial charge in [0.1, 0.15) is 15.3 Å². The minimum Gasteiger partial charge on any atom is -0.497 e. The summed E-state index contributed by atoms with van der Waals surface area (Å²) in [4.78, 5) is 47.2. The van der Waals surface area contributed by atoms with Gasteiger partial charge in [0.15, 0.2) is 0 Å². The van der Waals surface area contributed by atoms with Gasteiger partial charge in [0.2, 0.25) is 0 Å². The Balaban J connectivity index is 1.74. The highest BCUT2D eigenvalue weighted by Crippen LogP contribution is 2.38. The quantitative estimate of drug-likeness (QED) is 0.316. The van der Waals surface area contributed by atoms with Crippen LogP contribution in [0.1, 0.15) is 22.2 Å². The van der Waals surface area contributed by atoms with Crippen molar-refractivity contribution in [3.63, 3.8) is 0 Å². The Labute approximate surface area is 211 Å². The Bertz CT molecular complexity index is 1750. The molecule has 8 nitrogen and oxygen atoms in total. The smallest absolute Gasteiger partial charge is 0.348 e. The number of thiophene rings is 2. The van der Waals surface area contributed by atoms with Gasteiger partial charge in [-0.25, -0.2) is 14.2 Å². The molecule has 0 spiro atoms. The van der Waals surface area contributed by atoms with Gasteiger partial charge in [-0.2, -0.15) is 0 Å². The summed E-state index contributed by atoms with van der Waals surface area (Å²) in [7, 11) is 1.56. The first-order valence-corrected chi connectivity index (χ1v) is 12.5. The molecule has 5 aromatic rings. The number of carbonyl (C=O) groups excluding carboxylic acids is 1. The van der Waals surface area contributed by atoms with Crippen LogP contribution < -0.4 is 16.0 Å². The van der Waals surface area contributed by atoms with Crippen molar-refractivity contribution in [2.45, 2.75) is 13.8 Å². The van der Waals surface area contributed by atoms with Crippen molar-refractivity contribution < 1.29 is 14.3 Å². The number of hydrogen-bond donors (Lipinski definition) is 1. The first-order valence-electron chi connectivity index (χ1n) is 10.5. The molecule has 4 aromatic heterocycles. The van der Waals surface area contributed by atoms with Gasteiger partial charge in [-0.3, -0.25) is 9.78 Å². The van der Waals surface area contributed by atoms with Crippen LogP contribution in [0.3, 0.4) is 0 Å². The number of carbonyl (C=O) groups is 1. The van der Waals surface area contributed by atoms with Crippen LogP contribution in [0.2, 0.25) is 5.02 Å². The van der Waals surface area contributed by atoms with Gasteiger partial charge in [-0.1, -0.05) is 11.6 Å². The third-order valence-electron chi connectivity index (χ3n) is 5.53. The molecule has 0 saturated heterocycles. The minimum absolute atomic E-state index is 0.242. The Morgan fingerprint density at radius 1 is 1.20 bits per heavy atom. The van der Waals surface area contributed by atoms with E-state index >= 15 is 0 Å². The number of esters is 1. The van der Waals surface area contributed by atoms with Crippen molar-refractivity contribution in [3.8, 4) is 21.9 Å². The highest BCUT2D eigenvalue weighted by Gasteiger charge is 2.22. The van der Waals surface area contributed by atoms with Crippen molar-refractivity contribution >= 4 is 60.5 Å². The number of aryl methyl sites for hydroxylation is 1. The summed E-state index contributed by atoms with van der Waals surface area (Å²) in [6, 6.07) is 6.96. The van der Waals surface area contributed by atoms with E-state index in [-0.39, 0.29) is 6.61 Å². The van der Waals surface area contributed by atoms with Gasteiger partial charge in [0, 0.05) is 27.0 Å². The van der Waals surface area contributed by atoms with Crippen LogP contribution in [0, 0.1) is 6.92 Å². The number of H-pyrrole nitrogens is 1. The standard InChI is InChI=1S/C24H18ClN3O5S2/c1-4-33-23(30)20-11(2)19-16(9-26-10-18(19)35-20)28-22(29)21-15(27-24(28)31)8-17(34-21)13-7-12(32-3)5-6-14(13)25/h5-10H,4H2,1-3H3,(H,27,31). The molecule has 0 fully saturated rings. The molecule has 1 aromatic carbocycles. The van der Waals surface area contributed by atoms with E-state index in [0.29, 0.717) is 57.6 Å². The lowest BCUT2D eigenvalue weighted by atomic mass is 10.1. The zero-order valence-corrected chi connectivity index (χ0v) is 21.2. The third kappa shape index (κ3) is 3.83. The summed E-state index contributed by atoms with van der Waals surface area (Å²) in [6.45, 7) is 3.74. The molecule has 35 heavy (non-hydrogen) atoms. The molecule has 5 rings (SSSR count). The molecule has 0 radical (unpaired) electrons. The third-order valence-corrected chi connectivity index (χ3v) is 8.23. The topological polar surface area (TPSA) is 103 Å². The van der Waals surface area contributed by atoms with Crippen LogP contribution >= 0.6 is 34.3 Å². The van der Waals surface area contributed by atoms with Crippen molar-refractivity contribution in [1.82, 2.24) is 14.5 Å². The first kappa shape index (κ1) is 23.3. The molecule has 0 amide bonds. The fourth-order valence-corrected chi connectivity index (χ4v) is 6.37. The summed E-state index contributed by atoms with van der Waals surface area (Å²) in [5, 5.41) is 1.10. The molecular formula is C24H18ClN3O5S2. The highest BCUT2D eigenvalue weighted by atomic mass is 35.5. The molecule has 0 aliphatic carbocycles. The van der Waals surface area contributed by atoms with Gasteiger partial charge in [-0.05, 0) is 43.7 Å². The number of halogens is 1. The Kier molecular flexibility index (Phi) is 5.96. The van der Waals surface area contributed by atoms with Crippen LogP contribution in [-0.2, 0) is 4.74 Å². The molecule has 0 aliphatic heterocycles. The summed E-state index contributed by atoms with van der Waals surface area (Å²) in [5.41, 5.74) is 0.925. The zero-order chi connectivity index (χ0) is 24.9. The number of nitrogens with zero attached hydrogens (tertiary/aromatic N) is 2. The maximum absolute atomic E-state index is 13.6. The minimum atomic E-state index is -0.610. The van der Waals surface area contributed by atoms with Gasteiger partial charge in [-0.15, -0.1) is 22.7 Å². The number of aromatic nitrogens is 3. The average molecular weight is 528 g/mol. The van der Waals surface area contributed by atoms with Gasteiger partial charge < -0.3 is 14.5 Å². The van der Waals surface area contributed by atoms with E-state index in [4.69, 9.17) is 21.1 Å². The fraction of sp³-hybridized carbons (Fsp3) is 0.167. The number of ether oxygens (including phenoxy) is 2. The van der Waals surface area contributed by atoms with E-state index in [0.717, 1.165) is 4.57 Å². The maximum Gasteiger partial charge on any atom is 0.348 e. The van der Waals surface area contributed by atoms with E-state index in [1.807, 2.05) is 0 Å². The average Bonchev–Trinajstić information content (AvgIpc) is 3.41. The molecule has 0 aliphatic rings. The van der Waals surface area contributed by atoms with Crippen LogP contribution in [0.4, 0.5) is 0 Å². The van der Waals surface area contributed by atoms with Gasteiger partial charge in [0.25, 0.3) is 5.56 Å². The summed E-state index contributed by atoms with van der Waals surface area (Å²) in [6.07, 6.45) is 3.05. The normalized spacial score (nSPS) is 11.3. The monoisotopic (exact) mass is 527 g/mol. The summed E-state index contributed by atoms with van der Waals surface area (Å²) < 4.78 is 12.5. The number of rotatable bonds is 5. The first-order chi connectivity index (χ1) is 16.8. The highest BCUT2D eigenvalue weighted by molar-refractivity contribution is 7.22. The second-order valence-corrected chi connectivity index (χ2v) is 10.1. The van der Waals surface area contributed by atoms with Crippen LogP contribution in [0.5, 0.6) is 5.75 Å². The van der Waals surface area contributed by atoms with E-state index < -0.39 is 17.2 Å². The molecule has 0 bridgehead atoms. The van der Waals surface area contributed by atoms with Crippen LogP contribution in [0.25, 0.3) is 36.4 Å². The van der Waals surface area contributed by atoms with E-state index in [2.05, 4.69) is 9.97 Å². The lowest BCUT2D eigenvalue weighted by Crippen LogP contribution is -2.33. The van der Waals surface area contributed by atoms with Crippen molar-refractivity contribution in [2.75, 3.05) is 13.7 Å². The van der Waals surface area contributed by atoms with Gasteiger partial charge >= 0.3 is 11.7 Å². The summed E-state index contributed by atoms with van der Waals surface area (Å²) in [5.74, 6) is 0.169. The fourth-order valence-electron chi connectivity index (χ4n) is 3.93. The van der Waals surface area contributed by atoms with Crippen molar-refractivity contribution in [2.24, 2.45) is 0 Å². The Morgan fingerprint density at radius 2 is 2.00 bits per heavy atom. The predicted octanol–water partition coefficient (Wildman–Crippen LogP) is 5.16. The number of benzene rings is 1. The molecule has 0 atom stereocenters. The number of hydrogen-bond acceptors (Lipinski definition) is 8. The van der Waals surface area contributed by atoms with E-state index in [9.17, 15) is 14.4 Å². The number of pyridine rings is 1. The summed E-state index contributed by atoms with van der Waals surface area (Å²) >= 11 is 8.83. The van der Waals surface area contributed by atoms with E-state index in [1.165, 1.54) is 28.9 Å². The molecule has 4 heterocycles. The largest absolute Gasteiger partial charge is 0.497 e. The molecular weight excluding hydrogens is 510 g/mol. The van der Waals surface area contributed by atoms with Gasteiger partial charge in [0.05, 0.1) is 35.8 Å². The van der Waals surface area contributed by atoms with Crippen LogP contribution in [0.15, 0.2) is 46.2 Å². The molecule has 178 valence electrons. The number of nitrogens with one attached hydrogen (secondary N) is 1. The molecule has 11 heteroatoms. The maximum atomic E-state index is 13.6. The van der Waals surface area contributed by atoms with E-state index in [1.54, 1.807) is 51.4 Å². The van der Waals surface area contributed by atoms with Crippen LogP contribution in [-0.4, -0.2) is 34.2 Å². The zero-order valence-electron chi connectivity index (χ0n) is 18.8. The lowest BCUT2D eigenvalue weighted by Gasteiger charge is -2.07. The number of aromatic amines is 1. The molecule has 0 saturated carbocycles. The lowest BCUT2D eigenvalue weighted by molar-refractivity contribution is 0.0531. The van der Waals surface area contributed by atoms with Crippen molar-refractivity contribution in [1.29, 1.82) is 0 Å². The van der Waals surface area contributed by atoms with Crippen molar-refractivity contribution in [3.05, 3.63) is 73.0 Å². The molecule has 1 N–H and O–H groups in total. The Hall–Kier alpha value is -3.47. The SMILES string of the molecule is CCOC(=O)c1sc2cncc(-n3c(=O)[nH]c4cc(-c5cc(OC)ccc5Cl)sc4c3=O)c2c1C. The number of methoxy groups -OCH3 is 1. The number of fused-ring (bicyclic) bond motifs is 2. The predicted molar refractivity (Wildman–Crippen MR) is 139 cm³/mol. The Morgan fingerprint density at radius 3 is 2.74 bits per heavy atom.